The van der Waals surface area contributed by atoms with Crippen LogP contribution in [-0.4, -0.2) is 0 Å². The summed E-state index contributed by atoms with van der Waals surface area (Å²) in [4.78, 5) is 2.49. The number of hydrogen-bond donors (Lipinski definition) is 0. The summed E-state index contributed by atoms with van der Waals surface area (Å²) in [5, 5.41) is 14.7. The van der Waals surface area contributed by atoms with Crippen molar-refractivity contribution in [2.75, 3.05) is 4.90 Å². The minimum atomic E-state index is -0.188. The zero-order chi connectivity index (χ0) is 47.7. The summed E-state index contributed by atoms with van der Waals surface area (Å²) in [6, 6.07) is 88.0. The predicted molar refractivity (Wildman–Crippen MR) is 308 cm³/mol. The highest BCUT2D eigenvalue weighted by atomic mass is 32.1. The van der Waals surface area contributed by atoms with Crippen molar-refractivity contribution >= 4 is 102 Å². The third-order valence-corrected chi connectivity index (χ3v) is 16.8. The molecule has 0 saturated carbocycles. The smallest absolute Gasteiger partial charge is 0.135 e. The van der Waals surface area contributed by atoms with E-state index in [9.17, 15) is 0 Å². The van der Waals surface area contributed by atoms with Crippen LogP contribution in [0.4, 0.5) is 17.1 Å². The third kappa shape index (κ3) is 6.08. The average Bonchev–Trinajstić information content (AvgIpc) is 3.85. The van der Waals surface area contributed by atoms with Crippen molar-refractivity contribution in [2.24, 2.45) is 0 Å². The van der Waals surface area contributed by atoms with Crippen LogP contribution in [0.5, 0.6) is 11.5 Å². The molecule has 0 spiro atoms. The maximum atomic E-state index is 6.71. The maximum absolute atomic E-state index is 6.71. The van der Waals surface area contributed by atoms with E-state index in [0.717, 1.165) is 50.8 Å². The SMILES string of the molecule is CC1(C)c2ccccc2-c2ccc(N(c3ccc4c(c3)-c3ccccc3Oc3ccccc3-4)c3ccc4c5ccccc5c5ccccc5c5ccccc5c5cc6c(cc5c4c3)sc3ccccc36)cc21. The molecule has 338 valence electrons. The number of hydrogen-bond acceptors (Lipinski definition) is 3. The Bertz CT molecular complexity index is 4540. The summed E-state index contributed by atoms with van der Waals surface area (Å²) < 4.78 is 9.28. The Morgan fingerprint density at radius 1 is 0.292 bits per heavy atom. The number of benzene rings is 11. The van der Waals surface area contributed by atoms with Crippen LogP contribution in [0.15, 0.2) is 237 Å². The molecule has 0 N–H and O–H groups in total. The van der Waals surface area contributed by atoms with Crippen LogP contribution in [-0.2, 0) is 5.41 Å². The topological polar surface area (TPSA) is 12.5 Å². The van der Waals surface area contributed by atoms with Gasteiger partial charge in [0.15, 0.2) is 0 Å². The molecule has 15 rings (SSSR count). The van der Waals surface area contributed by atoms with Crippen LogP contribution in [0.3, 0.4) is 0 Å². The van der Waals surface area contributed by atoms with Crippen molar-refractivity contribution in [1.82, 2.24) is 0 Å². The molecule has 0 radical (unpaired) electrons. The van der Waals surface area contributed by atoms with E-state index in [1.54, 1.807) is 0 Å². The van der Waals surface area contributed by atoms with Gasteiger partial charge in [-0.1, -0.05) is 184 Å². The van der Waals surface area contributed by atoms with Gasteiger partial charge in [-0.2, -0.15) is 0 Å². The van der Waals surface area contributed by atoms with Crippen molar-refractivity contribution in [1.29, 1.82) is 0 Å². The van der Waals surface area contributed by atoms with Gasteiger partial charge in [-0.3, -0.25) is 0 Å². The van der Waals surface area contributed by atoms with Gasteiger partial charge in [-0.25, -0.2) is 0 Å². The zero-order valence-corrected chi connectivity index (χ0v) is 40.6. The van der Waals surface area contributed by atoms with Crippen LogP contribution in [0, 0.1) is 0 Å². The molecular formula is C69H45NOS. The molecule has 1 aliphatic carbocycles. The number of nitrogens with zero attached hydrogens (tertiary/aromatic N) is 1. The summed E-state index contributed by atoms with van der Waals surface area (Å²) in [5.41, 5.74) is 12.8. The minimum absolute atomic E-state index is 0.188. The Morgan fingerprint density at radius 3 is 1.40 bits per heavy atom. The molecule has 1 aliphatic heterocycles. The third-order valence-electron chi connectivity index (χ3n) is 15.7. The normalized spacial score (nSPS) is 13.1. The molecule has 1 aromatic heterocycles. The number of fused-ring (bicyclic) bond motifs is 21. The standard InChI is InChI=1S/C69H45NOS/c1-69(2)63-27-13-9-23-53(63)54-36-33-44(39-64(54)69)70(42-32-35-52-55-24-10-14-28-65(55)71-66-29-15-11-25-56(66)58(52)37-42)43-31-34-51-49-21-6-5-19-47(49)45-17-3-4-18-46(45)48-20-7-8-22-50(48)60-40-62-57-26-12-16-30-67(57)72-68(62)41-61(60)59(51)38-43/h3-41H,1-2H3. The highest BCUT2D eigenvalue weighted by Gasteiger charge is 2.36. The number of anilines is 3. The molecule has 0 amide bonds. The summed E-state index contributed by atoms with van der Waals surface area (Å²) in [5.74, 6) is 1.71. The van der Waals surface area contributed by atoms with Crippen molar-refractivity contribution in [2.45, 2.75) is 19.3 Å². The molecule has 0 atom stereocenters. The fourth-order valence-corrected chi connectivity index (χ4v) is 13.4. The van der Waals surface area contributed by atoms with Crippen molar-refractivity contribution in [3.05, 3.63) is 248 Å². The van der Waals surface area contributed by atoms with E-state index in [-0.39, 0.29) is 5.41 Å². The van der Waals surface area contributed by atoms with E-state index in [4.69, 9.17) is 4.74 Å². The quantitative estimate of drug-likeness (QED) is 0.175. The first kappa shape index (κ1) is 41.1. The molecule has 0 unspecified atom stereocenters. The minimum Gasteiger partial charge on any atom is -0.456 e. The number of ether oxygens (including phenoxy) is 1. The summed E-state index contributed by atoms with van der Waals surface area (Å²) in [7, 11) is 0. The number of thiophene rings is 1. The maximum Gasteiger partial charge on any atom is 0.135 e. The van der Waals surface area contributed by atoms with Gasteiger partial charge in [0.2, 0.25) is 0 Å². The van der Waals surface area contributed by atoms with Crippen LogP contribution >= 0.6 is 11.3 Å². The first-order chi connectivity index (χ1) is 35.5. The fourth-order valence-electron chi connectivity index (χ4n) is 12.3. The van der Waals surface area contributed by atoms with Gasteiger partial charge in [0, 0.05) is 53.8 Å². The van der Waals surface area contributed by atoms with E-state index < -0.39 is 0 Å². The Labute approximate surface area is 421 Å². The van der Waals surface area contributed by atoms with E-state index in [2.05, 4.69) is 255 Å². The highest BCUT2D eigenvalue weighted by molar-refractivity contribution is 7.25. The second-order valence-electron chi connectivity index (χ2n) is 19.9. The first-order valence-corrected chi connectivity index (χ1v) is 25.7. The lowest BCUT2D eigenvalue weighted by atomic mass is 9.82. The van der Waals surface area contributed by atoms with Gasteiger partial charge in [0.05, 0.1) is 0 Å². The van der Waals surface area contributed by atoms with Crippen LogP contribution < -0.4 is 9.64 Å². The van der Waals surface area contributed by atoms with Crippen LogP contribution in [0.25, 0.3) is 107 Å². The molecule has 0 saturated heterocycles. The molecule has 72 heavy (non-hydrogen) atoms. The van der Waals surface area contributed by atoms with Gasteiger partial charge >= 0.3 is 0 Å². The van der Waals surface area contributed by atoms with Gasteiger partial charge in [-0.15, -0.1) is 11.3 Å². The molecule has 13 aromatic rings. The molecule has 3 heteroatoms. The van der Waals surface area contributed by atoms with E-state index >= 15 is 0 Å². The van der Waals surface area contributed by atoms with E-state index in [1.165, 1.54) is 96.3 Å². The molecule has 0 fully saturated rings. The summed E-state index contributed by atoms with van der Waals surface area (Å²) in [6.07, 6.45) is 0. The fraction of sp³-hybridized carbons (Fsp3) is 0.0435. The monoisotopic (exact) mass is 935 g/mol. The lowest BCUT2D eigenvalue weighted by Crippen LogP contribution is -2.16. The molecular weight excluding hydrogens is 891 g/mol. The van der Waals surface area contributed by atoms with E-state index in [0.29, 0.717) is 0 Å². The molecule has 12 aromatic carbocycles. The molecule has 2 nitrogen and oxygen atoms in total. The highest BCUT2D eigenvalue weighted by Crippen LogP contribution is 2.53. The van der Waals surface area contributed by atoms with Crippen LogP contribution in [0.1, 0.15) is 25.0 Å². The Morgan fingerprint density at radius 2 is 0.736 bits per heavy atom. The summed E-state index contributed by atoms with van der Waals surface area (Å²) in [6.45, 7) is 4.75. The van der Waals surface area contributed by atoms with Gasteiger partial charge in [0.25, 0.3) is 0 Å². The Kier molecular flexibility index (Phi) is 8.91. The second-order valence-corrected chi connectivity index (χ2v) is 21.0. The number of rotatable bonds is 3. The van der Waals surface area contributed by atoms with E-state index in [1.807, 2.05) is 11.3 Å². The molecule has 2 aliphatic rings. The Balaban J connectivity index is 1.09. The zero-order valence-electron chi connectivity index (χ0n) is 39.8. The first-order valence-electron chi connectivity index (χ1n) is 24.9. The van der Waals surface area contributed by atoms with Crippen molar-refractivity contribution in [3.8, 4) is 44.9 Å². The molecule has 2 heterocycles. The Hall–Kier alpha value is -8.76. The van der Waals surface area contributed by atoms with Crippen molar-refractivity contribution in [3.63, 3.8) is 0 Å². The van der Waals surface area contributed by atoms with Gasteiger partial charge in [-0.05, 0) is 154 Å². The molecule has 0 bridgehead atoms. The van der Waals surface area contributed by atoms with Crippen LogP contribution in [0.2, 0.25) is 0 Å². The average molecular weight is 936 g/mol. The number of para-hydroxylation sites is 2. The van der Waals surface area contributed by atoms with Gasteiger partial charge < -0.3 is 9.64 Å². The second kappa shape index (κ2) is 15.6. The summed E-state index contributed by atoms with van der Waals surface area (Å²) >= 11 is 1.88. The lowest BCUT2D eigenvalue weighted by Gasteiger charge is -2.29. The van der Waals surface area contributed by atoms with Gasteiger partial charge in [0.1, 0.15) is 11.5 Å². The predicted octanol–water partition coefficient (Wildman–Crippen LogP) is 20.2. The lowest BCUT2D eigenvalue weighted by molar-refractivity contribution is 0.488. The van der Waals surface area contributed by atoms with Crippen molar-refractivity contribution < 1.29 is 4.74 Å². The largest absolute Gasteiger partial charge is 0.456 e.